The second-order valence-corrected chi connectivity index (χ2v) is 9.12. The molecule has 0 aliphatic rings. The maximum absolute atomic E-state index is 12.5. The summed E-state index contributed by atoms with van der Waals surface area (Å²) >= 11 is 0. The maximum Gasteiger partial charge on any atom is 0.265 e. The van der Waals surface area contributed by atoms with E-state index in [1.165, 1.54) is 5.56 Å². The first kappa shape index (κ1) is 24.7. The molecule has 0 heterocycles. The van der Waals surface area contributed by atoms with Crippen molar-refractivity contribution in [1.82, 2.24) is 0 Å². The number of amides is 2. The molecule has 0 bridgehead atoms. The topological polar surface area (TPSA) is 84.5 Å². The molecule has 0 fully saturated rings. The molecule has 1 unspecified atom stereocenters. The third kappa shape index (κ3) is 7.04. The number of Topliss-reactive ketones (excluding diaryl/α,β-unsaturated/α-hetero) is 1. The number of hydrogen-bond acceptors (Lipinski definition) is 4. The molecule has 34 heavy (non-hydrogen) atoms. The number of anilines is 2. The third-order valence-corrected chi connectivity index (χ3v) is 5.26. The minimum atomic E-state index is -0.691. The maximum atomic E-state index is 12.5. The summed E-state index contributed by atoms with van der Waals surface area (Å²) in [6.45, 7) is 8.10. The lowest BCUT2D eigenvalue weighted by Crippen LogP contribution is -2.30. The van der Waals surface area contributed by atoms with Gasteiger partial charge in [-0.15, -0.1) is 0 Å². The highest BCUT2D eigenvalue weighted by molar-refractivity contribution is 6.11. The van der Waals surface area contributed by atoms with Crippen LogP contribution in [0, 0.1) is 0 Å². The van der Waals surface area contributed by atoms with E-state index in [1.54, 1.807) is 55.5 Å². The van der Waals surface area contributed by atoms with E-state index >= 15 is 0 Å². The van der Waals surface area contributed by atoms with Gasteiger partial charge in [0.1, 0.15) is 5.75 Å². The molecule has 0 saturated heterocycles. The minimum Gasteiger partial charge on any atom is -0.481 e. The summed E-state index contributed by atoms with van der Waals surface area (Å²) in [7, 11) is 0. The van der Waals surface area contributed by atoms with Crippen molar-refractivity contribution in [3.63, 3.8) is 0 Å². The van der Waals surface area contributed by atoms with Gasteiger partial charge in [0, 0.05) is 16.9 Å². The number of ether oxygens (including phenoxy) is 1. The Bertz CT molecular complexity index is 1130. The zero-order valence-electron chi connectivity index (χ0n) is 19.9. The van der Waals surface area contributed by atoms with Gasteiger partial charge in [-0.1, -0.05) is 63.2 Å². The van der Waals surface area contributed by atoms with Gasteiger partial charge < -0.3 is 15.4 Å². The highest BCUT2D eigenvalue weighted by atomic mass is 16.5. The molecule has 2 amide bonds. The van der Waals surface area contributed by atoms with E-state index in [4.69, 9.17) is 4.74 Å². The van der Waals surface area contributed by atoms with Crippen molar-refractivity contribution < 1.29 is 19.1 Å². The second-order valence-electron chi connectivity index (χ2n) is 9.12. The van der Waals surface area contributed by atoms with Crippen LogP contribution < -0.4 is 15.4 Å². The molecule has 0 aliphatic carbocycles. The molecule has 1 atom stereocenters. The Morgan fingerprint density at radius 1 is 0.794 bits per heavy atom. The zero-order chi connectivity index (χ0) is 24.7. The van der Waals surface area contributed by atoms with Crippen molar-refractivity contribution in [2.24, 2.45) is 0 Å². The van der Waals surface area contributed by atoms with Gasteiger partial charge >= 0.3 is 0 Å². The number of hydrogen-bond donors (Lipinski definition) is 2. The predicted molar refractivity (Wildman–Crippen MR) is 134 cm³/mol. The molecule has 2 N–H and O–H groups in total. The fourth-order valence-corrected chi connectivity index (χ4v) is 3.25. The molecular weight excluding hydrogens is 428 g/mol. The zero-order valence-corrected chi connectivity index (χ0v) is 19.9. The SMILES string of the molecule is CC(Oc1ccc(C(C)(C)C)cc1)C(=O)Nc1ccc(NC(=O)CC(=O)c2ccccc2)cc1. The number of nitrogens with one attached hydrogen (secondary N) is 2. The quantitative estimate of drug-likeness (QED) is 0.340. The van der Waals surface area contributed by atoms with Crippen molar-refractivity contribution in [1.29, 1.82) is 0 Å². The molecule has 6 heteroatoms. The van der Waals surface area contributed by atoms with E-state index < -0.39 is 12.0 Å². The average Bonchev–Trinajstić information content (AvgIpc) is 2.80. The Morgan fingerprint density at radius 2 is 1.35 bits per heavy atom. The highest BCUT2D eigenvalue weighted by Crippen LogP contribution is 2.25. The first-order valence-corrected chi connectivity index (χ1v) is 11.2. The van der Waals surface area contributed by atoms with Crippen LogP contribution in [0.2, 0.25) is 0 Å². The molecule has 0 spiro atoms. The van der Waals surface area contributed by atoms with E-state index in [1.807, 2.05) is 30.3 Å². The van der Waals surface area contributed by atoms with Crippen LogP contribution in [0.15, 0.2) is 78.9 Å². The van der Waals surface area contributed by atoms with Crippen LogP contribution >= 0.6 is 0 Å². The summed E-state index contributed by atoms with van der Waals surface area (Å²) in [4.78, 5) is 36.9. The van der Waals surface area contributed by atoms with Gasteiger partial charge in [0.2, 0.25) is 5.91 Å². The summed E-state index contributed by atoms with van der Waals surface area (Å²) in [5.41, 5.74) is 2.84. The number of carbonyl (C=O) groups is 3. The molecule has 3 aromatic carbocycles. The van der Waals surface area contributed by atoms with Gasteiger partial charge in [0.15, 0.2) is 11.9 Å². The molecule has 0 aromatic heterocycles. The molecule has 3 rings (SSSR count). The van der Waals surface area contributed by atoms with Gasteiger partial charge in [-0.3, -0.25) is 14.4 Å². The lowest BCUT2D eigenvalue weighted by molar-refractivity contribution is -0.122. The summed E-state index contributed by atoms with van der Waals surface area (Å²) in [5, 5.41) is 5.50. The number of ketones is 1. The van der Waals surface area contributed by atoms with Crippen LogP contribution in [-0.4, -0.2) is 23.7 Å². The Labute approximate surface area is 200 Å². The van der Waals surface area contributed by atoms with E-state index in [0.717, 1.165) is 0 Å². The third-order valence-electron chi connectivity index (χ3n) is 5.26. The van der Waals surface area contributed by atoms with Crippen LogP contribution in [0.1, 0.15) is 50.0 Å². The Kier molecular flexibility index (Phi) is 7.84. The fourth-order valence-electron chi connectivity index (χ4n) is 3.25. The average molecular weight is 459 g/mol. The van der Waals surface area contributed by atoms with Crippen LogP contribution in [0.3, 0.4) is 0 Å². The Morgan fingerprint density at radius 3 is 1.91 bits per heavy atom. The standard InChI is InChI=1S/C28H30N2O4/c1-19(34-24-16-10-21(11-17-24)28(2,3)4)27(33)30-23-14-12-22(13-15-23)29-26(32)18-25(31)20-8-6-5-7-9-20/h5-17,19H,18H2,1-4H3,(H,29,32)(H,30,33). The van der Waals surface area contributed by atoms with Gasteiger partial charge in [-0.25, -0.2) is 0 Å². The summed E-state index contributed by atoms with van der Waals surface area (Å²) in [6.07, 6.45) is -0.933. The van der Waals surface area contributed by atoms with Crippen molar-refractivity contribution >= 4 is 29.0 Å². The lowest BCUT2D eigenvalue weighted by Gasteiger charge is -2.20. The molecule has 3 aromatic rings. The Balaban J connectivity index is 1.50. The first-order valence-electron chi connectivity index (χ1n) is 11.2. The molecule has 0 radical (unpaired) electrons. The minimum absolute atomic E-state index is 0.0462. The largest absolute Gasteiger partial charge is 0.481 e. The first-order chi connectivity index (χ1) is 16.1. The predicted octanol–water partition coefficient (Wildman–Crippen LogP) is 5.60. The smallest absolute Gasteiger partial charge is 0.265 e. The summed E-state index contributed by atoms with van der Waals surface area (Å²) in [5.74, 6) is -0.307. The number of rotatable bonds is 8. The van der Waals surface area contributed by atoms with E-state index in [0.29, 0.717) is 22.7 Å². The van der Waals surface area contributed by atoms with Crippen molar-refractivity contribution in [3.05, 3.63) is 90.0 Å². The number of benzene rings is 3. The van der Waals surface area contributed by atoms with Gasteiger partial charge in [0.25, 0.3) is 5.91 Å². The molecule has 6 nitrogen and oxygen atoms in total. The Hall–Kier alpha value is -3.93. The lowest BCUT2D eigenvalue weighted by atomic mass is 9.87. The summed E-state index contributed by atoms with van der Waals surface area (Å²) in [6, 6.07) is 23.1. The van der Waals surface area contributed by atoms with E-state index in [2.05, 4.69) is 31.4 Å². The number of carbonyl (C=O) groups excluding carboxylic acids is 3. The van der Waals surface area contributed by atoms with Crippen molar-refractivity contribution in [2.45, 2.75) is 45.6 Å². The second kappa shape index (κ2) is 10.8. The fraction of sp³-hybridized carbons (Fsp3) is 0.250. The molecular formula is C28H30N2O4. The molecule has 0 aliphatic heterocycles. The molecule has 0 saturated carbocycles. The van der Waals surface area contributed by atoms with Crippen LogP contribution in [0.5, 0.6) is 5.75 Å². The summed E-state index contributed by atoms with van der Waals surface area (Å²) < 4.78 is 5.76. The van der Waals surface area contributed by atoms with Crippen molar-refractivity contribution in [3.8, 4) is 5.75 Å². The highest BCUT2D eigenvalue weighted by Gasteiger charge is 2.17. The van der Waals surface area contributed by atoms with Crippen molar-refractivity contribution in [2.75, 3.05) is 10.6 Å². The normalized spacial score (nSPS) is 11.9. The van der Waals surface area contributed by atoms with Gasteiger partial charge in [-0.05, 0) is 54.3 Å². The van der Waals surface area contributed by atoms with Gasteiger partial charge in [-0.2, -0.15) is 0 Å². The van der Waals surface area contributed by atoms with Gasteiger partial charge in [0.05, 0.1) is 6.42 Å². The molecule has 176 valence electrons. The van der Waals surface area contributed by atoms with Crippen LogP contribution in [0.4, 0.5) is 11.4 Å². The monoisotopic (exact) mass is 458 g/mol. The van der Waals surface area contributed by atoms with Crippen LogP contribution in [0.25, 0.3) is 0 Å². The van der Waals surface area contributed by atoms with Crippen LogP contribution in [-0.2, 0) is 15.0 Å². The van der Waals surface area contributed by atoms with E-state index in [9.17, 15) is 14.4 Å². The van der Waals surface area contributed by atoms with E-state index in [-0.39, 0.29) is 23.5 Å².